The van der Waals surface area contributed by atoms with E-state index in [1.54, 1.807) is 69.3 Å². The molecule has 5 N–H and O–H groups in total. The predicted molar refractivity (Wildman–Crippen MR) is 129 cm³/mol. The van der Waals surface area contributed by atoms with Crippen LogP contribution in [-0.4, -0.2) is 60.4 Å². The summed E-state index contributed by atoms with van der Waals surface area (Å²) in [6.45, 7) is 5.69. The average Bonchev–Trinajstić information content (AvgIpc) is 2.84. The minimum absolute atomic E-state index is 0.0295. The molecule has 2 aromatic rings. The average molecular weight is 485 g/mol. The van der Waals surface area contributed by atoms with Gasteiger partial charge < -0.3 is 35.5 Å². The Bertz CT molecular complexity index is 975. The molecule has 188 valence electrons. The van der Waals surface area contributed by atoms with Crippen molar-refractivity contribution in [3.05, 3.63) is 59.7 Å². The lowest BCUT2D eigenvalue weighted by atomic mass is 10.2. The van der Waals surface area contributed by atoms with E-state index in [2.05, 4.69) is 5.32 Å². The molecule has 10 heteroatoms. The summed E-state index contributed by atoms with van der Waals surface area (Å²) < 4.78 is 15.6. The first-order valence-electron chi connectivity index (χ1n) is 10.8. The van der Waals surface area contributed by atoms with Gasteiger partial charge in [0.15, 0.2) is 0 Å². The minimum atomic E-state index is -0.854. The van der Waals surface area contributed by atoms with E-state index in [0.717, 1.165) is 0 Å². The molecule has 0 aliphatic rings. The zero-order valence-electron chi connectivity index (χ0n) is 20.1. The van der Waals surface area contributed by atoms with Crippen LogP contribution in [-0.2, 0) is 4.74 Å². The van der Waals surface area contributed by atoms with Crippen molar-refractivity contribution in [3.8, 4) is 23.6 Å². The first-order chi connectivity index (χ1) is 16.6. The highest BCUT2D eigenvalue weighted by molar-refractivity contribution is 5.67. The largest absolute Gasteiger partial charge is 0.491 e. The van der Waals surface area contributed by atoms with Gasteiger partial charge in [0.2, 0.25) is 0 Å². The van der Waals surface area contributed by atoms with Gasteiger partial charge in [-0.05, 0) is 69.3 Å². The number of nitrogens with zero attached hydrogens (tertiary/aromatic N) is 2. The van der Waals surface area contributed by atoms with E-state index >= 15 is 0 Å². The Morgan fingerprint density at radius 2 is 1.34 bits per heavy atom. The van der Waals surface area contributed by atoms with Crippen molar-refractivity contribution in [1.82, 2.24) is 5.32 Å². The standard InChI is InChI=1S/C15H20N2O4.C10H12N2O2/c1-15(2,3)21-14(19)17-9-12(18)10-20-13-6-4-11(8-16)5-7-13;11-5-8-1-3-10(4-2-8)14-7-9(13)6-12/h4-7,12,18H,9-10H2,1-3H3,(H,17,19);1-4,9,13H,6-7,12H2. The van der Waals surface area contributed by atoms with Gasteiger partial charge in [-0.1, -0.05) is 0 Å². The van der Waals surface area contributed by atoms with E-state index in [0.29, 0.717) is 22.6 Å². The van der Waals surface area contributed by atoms with Crippen LogP contribution in [0.2, 0.25) is 0 Å². The fourth-order valence-electron chi connectivity index (χ4n) is 2.28. The summed E-state index contributed by atoms with van der Waals surface area (Å²) in [6, 6.07) is 17.2. The summed E-state index contributed by atoms with van der Waals surface area (Å²) in [6.07, 6.45) is -2.08. The monoisotopic (exact) mass is 484 g/mol. The molecule has 10 nitrogen and oxygen atoms in total. The molecule has 0 radical (unpaired) electrons. The number of aliphatic hydroxyl groups is 2. The first-order valence-corrected chi connectivity index (χ1v) is 10.8. The molecule has 0 aromatic heterocycles. The Hall–Kier alpha value is -3.83. The molecule has 0 saturated heterocycles. The molecule has 2 atom stereocenters. The molecule has 2 aromatic carbocycles. The maximum absolute atomic E-state index is 11.4. The van der Waals surface area contributed by atoms with Crippen LogP contribution in [0.25, 0.3) is 0 Å². The van der Waals surface area contributed by atoms with Crippen molar-refractivity contribution in [3.63, 3.8) is 0 Å². The van der Waals surface area contributed by atoms with Gasteiger partial charge in [-0.3, -0.25) is 0 Å². The Balaban J connectivity index is 0.000000379. The molecule has 0 heterocycles. The molecular formula is C25H32N4O6. The summed E-state index contributed by atoms with van der Waals surface area (Å²) in [7, 11) is 0. The number of amides is 1. The summed E-state index contributed by atoms with van der Waals surface area (Å²) in [5.41, 5.74) is 5.75. The van der Waals surface area contributed by atoms with Gasteiger partial charge in [0.1, 0.15) is 42.5 Å². The number of hydrogen-bond acceptors (Lipinski definition) is 9. The van der Waals surface area contributed by atoms with Crippen LogP contribution < -0.4 is 20.5 Å². The van der Waals surface area contributed by atoms with E-state index < -0.39 is 23.9 Å². The predicted octanol–water partition coefficient (Wildman–Crippen LogP) is 2.08. The SMILES string of the molecule is CC(C)(C)OC(=O)NCC(O)COc1ccc(C#N)cc1.N#Cc1ccc(OCC(O)CN)cc1. The number of benzene rings is 2. The molecular weight excluding hydrogens is 452 g/mol. The van der Waals surface area contributed by atoms with Crippen LogP contribution in [0, 0.1) is 22.7 Å². The van der Waals surface area contributed by atoms with E-state index in [9.17, 15) is 9.90 Å². The molecule has 0 aliphatic heterocycles. The molecule has 0 saturated carbocycles. The summed E-state index contributed by atoms with van der Waals surface area (Å²) in [5, 5.41) is 38.5. The normalized spacial score (nSPS) is 12.0. The van der Waals surface area contributed by atoms with Gasteiger partial charge in [0.25, 0.3) is 0 Å². The van der Waals surface area contributed by atoms with Crippen LogP contribution in [0.15, 0.2) is 48.5 Å². The van der Waals surface area contributed by atoms with Crippen LogP contribution in [0.5, 0.6) is 11.5 Å². The fourth-order valence-corrected chi connectivity index (χ4v) is 2.28. The number of carbonyl (C=O) groups is 1. The summed E-state index contributed by atoms with van der Waals surface area (Å²) in [5.74, 6) is 1.17. The molecule has 0 spiro atoms. The summed E-state index contributed by atoms with van der Waals surface area (Å²) in [4.78, 5) is 11.4. The smallest absolute Gasteiger partial charge is 0.407 e. The number of rotatable bonds is 9. The third kappa shape index (κ3) is 13.5. The van der Waals surface area contributed by atoms with Gasteiger partial charge >= 0.3 is 6.09 Å². The van der Waals surface area contributed by atoms with Crippen molar-refractivity contribution >= 4 is 6.09 Å². The van der Waals surface area contributed by atoms with Gasteiger partial charge in [0, 0.05) is 6.54 Å². The van der Waals surface area contributed by atoms with Gasteiger partial charge in [-0.2, -0.15) is 10.5 Å². The number of alkyl carbamates (subject to hydrolysis) is 1. The number of hydrogen-bond donors (Lipinski definition) is 4. The van der Waals surface area contributed by atoms with Crippen LogP contribution in [0.3, 0.4) is 0 Å². The second-order valence-corrected chi connectivity index (χ2v) is 8.32. The quantitative estimate of drug-likeness (QED) is 0.416. The van der Waals surface area contributed by atoms with Crippen molar-refractivity contribution in [2.45, 2.75) is 38.6 Å². The Kier molecular flexibility index (Phi) is 12.6. The molecule has 0 fully saturated rings. The zero-order valence-corrected chi connectivity index (χ0v) is 20.1. The lowest BCUT2D eigenvalue weighted by molar-refractivity contribution is 0.0463. The number of nitriles is 2. The van der Waals surface area contributed by atoms with E-state index in [-0.39, 0.29) is 26.3 Å². The Labute approximate surface area is 205 Å². The minimum Gasteiger partial charge on any atom is -0.491 e. The molecule has 2 rings (SSSR count). The highest BCUT2D eigenvalue weighted by Crippen LogP contribution is 2.12. The maximum Gasteiger partial charge on any atom is 0.407 e. The molecule has 35 heavy (non-hydrogen) atoms. The topological polar surface area (TPSA) is 171 Å². The number of aliphatic hydroxyl groups excluding tert-OH is 2. The van der Waals surface area contributed by atoms with Gasteiger partial charge in [-0.25, -0.2) is 4.79 Å². The lowest BCUT2D eigenvalue weighted by Gasteiger charge is -2.20. The van der Waals surface area contributed by atoms with Crippen LogP contribution in [0.1, 0.15) is 31.9 Å². The second kappa shape index (κ2) is 15.1. The molecule has 1 amide bonds. The third-order valence-electron chi connectivity index (χ3n) is 4.00. The van der Waals surface area contributed by atoms with Crippen molar-refractivity contribution in [2.24, 2.45) is 5.73 Å². The zero-order chi connectivity index (χ0) is 26.3. The van der Waals surface area contributed by atoms with Crippen molar-refractivity contribution in [1.29, 1.82) is 10.5 Å². The maximum atomic E-state index is 11.4. The van der Waals surface area contributed by atoms with E-state index in [4.69, 9.17) is 35.6 Å². The molecule has 0 bridgehead atoms. The van der Waals surface area contributed by atoms with Gasteiger partial charge in [-0.15, -0.1) is 0 Å². The molecule has 0 aliphatic carbocycles. The summed E-state index contributed by atoms with van der Waals surface area (Å²) >= 11 is 0. The van der Waals surface area contributed by atoms with Crippen LogP contribution in [0.4, 0.5) is 4.79 Å². The van der Waals surface area contributed by atoms with Crippen LogP contribution >= 0.6 is 0 Å². The number of carbonyl (C=O) groups excluding carboxylic acids is 1. The van der Waals surface area contributed by atoms with Gasteiger partial charge in [0.05, 0.1) is 29.8 Å². The lowest BCUT2D eigenvalue weighted by Crippen LogP contribution is -2.38. The highest BCUT2D eigenvalue weighted by atomic mass is 16.6. The highest BCUT2D eigenvalue weighted by Gasteiger charge is 2.17. The number of ether oxygens (including phenoxy) is 3. The Morgan fingerprint density at radius 1 is 0.914 bits per heavy atom. The Morgan fingerprint density at radius 3 is 1.71 bits per heavy atom. The molecule has 2 unspecified atom stereocenters. The third-order valence-corrected chi connectivity index (χ3v) is 4.00. The first kappa shape index (κ1) is 29.2. The van der Waals surface area contributed by atoms with E-state index in [1.807, 2.05) is 12.1 Å². The fraction of sp³-hybridized carbons (Fsp3) is 0.400. The second-order valence-electron chi connectivity index (χ2n) is 8.32. The van der Waals surface area contributed by atoms with E-state index in [1.165, 1.54) is 0 Å². The van der Waals surface area contributed by atoms with Crippen molar-refractivity contribution in [2.75, 3.05) is 26.3 Å². The number of nitrogens with two attached hydrogens (primary N) is 1. The number of nitrogens with one attached hydrogen (secondary N) is 1. The van der Waals surface area contributed by atoms with Crippen molar-refractivity contribution < 1.29 is 29.2 Å².